The van der Waals surface area contributed by atoms with Gasteiger partial charge in [0.05, 0.1) is 43.3 Å². The van der Waals surface area contributed by atoms with Crippen LogP contribution in [0.1, 0.15) is 73.4 Å². The first-order valence-corrected chi connectivity index (χ1v) is 18.1. The molecular formula is C38H43Cl2N5O5. The van der Waals surface area contributed by atoms with Crippen LogP contribution >= 0.6 is 23.2 Å². The Balaban J connectivity index is 1.10. The molecule has 0 unspecified atom stereocenters. The molecule has 2 heterocycles. The highest BCUT2D eigenvalue weighted by Gasteiger charge is 2.30. The molecule has 10 nitrogen and oxygen atoms in total. The maximum absolute atomic E-state index is 10.2. The van der Waals surface area contributed by atoms with Crippen molar-refractivity contribution in [2.24, 2.45) is 0 Å². The molecule has 2 fully saturated rings. The van der Waals surface area contributed by atoms with E-state index in [1.807, 2.05) is 30.3 Å². The fraction of sp³-hybridized carbons (Fsp3) is 0.447. The van der Waals surface area contributed by atoms with E-state index in [0.29, 0.717) is 52.2 Å². The normalized spacial score (nSPS) is 22.9. The zero-order chi connectivity index (χ0) is 34.8. The maximum atomic E-state index is 10.2. The van der Waals surface area contributed by atoms with Crippen LogP contribution < -0.4 is 24.8 Å². The minimum Gasteiger partial charge on any atom is -0.481 e. The average Bonchev–Trinajstić information content (AvgIpc) is 3.86. The van der Waals surface area contributed by atoms with Crippen LogP contribution in [0.5, 0.6) is 17.6 Å². The topological polar surface area (TPSA) is 131 Å². The minimum absolute atomic E-state index is 0.0478. The first-order chi connectivity index (χ1) is 24.3. The second-order valence-corrected chi connectivity index (χ2v) is 14.1. The molecule has 2 aromatic carbocycles. The number of methoxy groups -OCH3 is 2. The minimum atomic E-state index is -0.342. The van der Waals surface area contributed by atoms with Crippen LogP contribution in [0, 0.1) is 0 Å². The SMILES string of the molecule is COc1nc(O[C@H]2CCc3c(-c4cccc(-c5cnc(CN[C@@H]6CCC[C@@H]6O)c(OC)n5)c4Cl)cccc32)c(Cl)cc1CN[C@@H]1CCC[C@@H]1O. The van der Waals surface area contributed by atoms with E-state index in [-0.39, 0.29) is 30.4 Å². The summed E-state index contributed by atoms with van der Waals surface area (Å²) in [7, 11) is 3.17. The Morgan fingerprint density at radius 3 is 2.16 bits per heavy atom. The lowest BCUT2D eigenvalue weighted by Crippen LogP contribution is -2.35. The number of aromatic nitrogens is 3. The summed E-state index contributed by atoms with van der Waals surface area (Å²) in [5, 5.41) is 28.2. The molecule has 50 heavy (non-hydrogen) atoms. The maximum Gasteiger partial charge on any atom is 0.237 e. The highest BCUT2D eigenvalue weighted by atomic mass is 35.5. The number of nitrogens with one attached hydrogen (secondary N) is 2. The molecular weight excluding hydrogens is 677 g/mol. The van der Waals surface area contributed by atoms with Crippen molar-refractivity contribution >= 4 is 23.2 Å². The van der Waals surface area contributed by atoms with E-state index in [1.165, 1.54) is 0 Å². The van der Waals surface area contributed by atoms with Crippen LogP contribution in [0.4, 0.5) is 0 Å². The Morgan fingerprint density at radius 2 is 1.46 bits per heavy atom. The van der Waals surface area contributed by atoms with Gasteiger partial charge in [-0.3, -0.25) is 4.98 Å². The lowest BCUT2D eigenvalue weighted by Gasteiger charge is -2.20. The first kappa shape index (κ1) is 34.9. The largest absolute Gasteiger partial charge is 0.481 e. The predicted molar refractivity (Wildman–Crippen MR) is 193 cm³/mol. The molecule has 2 saturated carbocycles. The van der Waals surface area contributed by atoms with Gasteiger partial charge in [0.15, 0.2) is 0 Å². The Hall–Kier alpha value is -3.51. The number of aliphatic hydroxyl groups is 2. The van der Waals surface area contributed by atoms with Gasteiger partial charge in [0.2, 0.25) is 17.6 Å². The molecule has 0 spiro atoms. The molecule has 264 valence electrons. The van der Waals surface area contributed by atoms with Crippen molar-refractivity contribution in [3.05, 3.63) is 81.1 Å². The van der Waals surface area contributed by atoms with E-state index >= 15 is 0 Å². The van der Waals surface area contributed by atoms with Crippen LogP contribution in [0.15, 0.2) is 48.7 Å². The number of benzene rings is 2. The molecule has 0 aliphatic heterocycles. The smallest absolute Gasteiger partial charge is 0.237 e. The lowest BCUT2D eigenvalue weighted by molar-refractivity contribution is 0.148. The third kappa shape index (κ3) is 7.15. The van der Waals surface area contributed by atoms with Crippen LogP contribution in [-0.2, 0) is 19.5 Å². The summed E-state index contributed by atoms with van der Waals surface area (Å²) in [5.41, 5.74) is 7.00. The van der Waals surface area contributed by atoms with Gasteiger partial charge < -0.3 is 35.1 Å². The first-order valence-electron chi connectivity index (χ1n) is 17.4. The van der Waals surface area contributed by atoms with Crippen molar-refractivity contribution in [2.75, 3.05) is 14.2 Å². The summed E-state index contributed by atoms with van der Waals surface area (Å²) in [6.45, 7) is 0.935. The van der Waals surface area contributed by atoms with Crippen molar-refractivity contribution in [2.45, 2.75) is 94.9 Å². The lowest BCUT2D eigenvalue weighted by atomic mass is 9.95. The second-order valence-electron chi connectivity index (χ2n) is 13.3. The van der Waals surface area contributed by atoms with Crippen LogP contribution in [0.25, 0.3) is 22.4 Å². The van der Waals surface area contributed by atoms with Crippen molar-refractivity contribution in [3.8, 4) is 40.0 Å². The quantitative estimate of drug-likeness (QED) is 0.127. The number of ether oxygens (including phenoxy) is 3. The summed E-state index contributed by atoms with van der Waals surface area (Å²) in [5.74, 6) is 1.18. The zero-order valence-electron chi connectivity index (χ0n) is 28.3. The monoisotopic (exact) mass is 719 g/mol. The molecule has 0 amide bonds. The van der Waals surface area contributed by atoms with Crippen molar-refractivity contribution < 1.29 is 24.4 Å². The molecule has 3 aliphatic rings. The summed E-state index contributed by atoms with van der Waals surface area (Å²) in [6, 6.07) is 14.0. The van der Waals surface area contributed by atoms with E-state index in [0.717, 1.165) is 84.7 Å². The fourth-order valence-corrected chi connectivity index (χ4v) is 8.12. The molecule has 4 aromatic rings. The van der Waals surface area contributed by atoms with Crippen molar-refractivity contribution in [3.63, 3.8) is 0 Å². The van der Waals surface area contributed by atoms with E-state index < -0.39 is 0 Å². The van der Waals surface area contributed by atoms with Crippen molar-refractivity contribution in [1.29, 1.82) is 0 Å². The molecule has 2 aromatic heterocycles. The molecule has 3 aliphatic carbocycles. The predicted octanol–water partition coefficient (Wildman–Crippen LogP) is 6.60. The van der Waals surface area contributed by atoms with Gasteiger partial charge in [-0.15, -0.1) is 0 Å². The molecule has 7 rings (SSSR count). The van der Waals surface area contributed by atoms with Crippen LogP contribution in [-0.4, -0.2) is 63.7 Å². The summed E-state index contributed by atoms with van der Waals surface area (Å²) in [4.78, 5) is 14.1. The number of halogens is 2. The third-order valence-corrected chi connectivity index (χ3v) is 10.9. The molecule has 5 atom stereocenters. The summed E-state index contributed by atoms with van der Waals surface area (Å²) >= 11 is 13.9. The number of pyridine rings is 1. The number of hydrogen-bond acceptors (Lipinski definition) is 10. The van der Waals surface area contributed by atoms with Gasteiger partial charge in [-0.25, -0.2) is 4.98 Å². The Labute approximate surface area is 302 Å². The number of fused-ring (bicyclic) bond motifs is 1. The summed E-state index contributed by atoms with van der Waals surface area (Å²) < 4.78 is 17.7. The number of rotatable bonds is 12. The van der Waals surface area contributed by atoms with Gasteiger partial charge >= 0.3 is 0 Å². The molecule has 0 radical (unpaired) electrons. The fourth-order valence-electron chi connectivity index (χ4n) is 7.58. The number of nitrogens with zero attached hydrogens (tertiary/aromatic N) is 3. The van der Waals surface area contributed by atoms with Gasteiger partial charge in [-0.1, -0.05) is 59.6 Å². The van der Waals surface area contributed by atoms with Gasteiger partial charge in [0, 0.05) is 41.9 Å². The van der Waals surface area contributed by atoms with E-state index in [2.05, 4.69) is 32.7 Å². The van der Waals surface area contributed by atoms with E-state index in [9.17, 15) is 10.2 Å². The van der Waals surface area contributed by atoms with Crippen LogP contribution in [0.3, 0.4) is 0 Å². The molecule has 12 heteroatoms. The van der Waals surface area contributed by atoms with Gasteiger partial charge in [-0.2, -0.15) is 4.98 Å². The van der Waals surface area contributed by atoms with Gasteiger partial charge in [-0.05, 0) is 74.1 Å². The van der Waals surface area contributed by atoms with Crippen LogP contribution in [0.2, 0.25) is 10.0 Å². The second kappa shape index (κ2) is 15.4. The molecule has 0 saturated heterocycles. The average molecular weight is 721 g/mol. The molecule has 0 bridgehead atoms. The van der Waals surface area contributed by atoms with Gasteiger partial charge in [0.1, 0.15) is 16.8 Å². The Kier molecular flexibility index (Phi) is 10.7. The Bertz CT molecular complexity index is 1840. The van der Waals surface area contributed by atoms with E-state index in [4.69, 9.17) is 42.4 Å². The van der Waals surface area contributed by atoms with Crippen molar-refractivity contribution in [1.82, 2.24) is 25.6 Å². The molecule has 4 N–H and O–H groups in total. The standard InChI is InChI=1S/C38H43Cl2N5O5/c1-48-36-21(18-41-28-11-5-13-32(28)46)17-27(39)37(45-36)50-34-16-15-23-22(7-3-8-24(23)34)25-9-4-10-26(35(25)40)30-19-43-31(38(44-30)49-2)20-42-29-12-6-14-33(29)47/h3-4,7-10,17,19,28-29,32-34,41-42,46-47H,5-6,11-16,18,20H2,1-2H3/t28-,29-,32+,33+,34+/m1/s1. The third-order valence-electron chi connectivity index (χ3n) is 10.3. The van der Waals surface area contributed by atoms with Gasteiger partial charge in [0.25, 0.3) is 0 Å². The number of aliphatic hydroxyl groups excluding tert-OH is 2. The summed E-state index contributed by atoms with van der Waals surface area (Å²) in [6.07, 6.45) is 7.85. The number of hydrogen-bond donors (Lipinski definition) is 4. The van der Waals surface area contributed by atoms with E-state index in [1.54, 1.807) is 20.4 Å². The highest BCUT2D eigenvalue weighted by molar-refractivity contribution is 6.36. The Morgan fingerprint density at radius 1 is 0.780 bits per heavy atom. The highest BCUT2D eigenvalue weighted by Crippen LogP contribution is 2.44. The zero-order valence-corrected chi connectivity index (χ0v) is 29.8.